The quantitative estimate of drug-likeness (QED) is 0.831. The van der Waals surface area contributed by atoms with E-state index >= 15 is 0 Å². The van der Waals surface area contributed by atoms with E-state index < -0.39 is 0 Å². The monoisotopic (exact) mass is 277 g/mol. The first-order valence-electron chi connectivity index (χ1n) is 7.15. The maximum atomic E-state index is 12.0. The molecule has 6 heteroatoms. The van der Waals surface area contributed by atoms with Crippen molar-refractivity contribution in [3.8, 4) is 0 Å². The zero-order valence-electron chi connectivity index (χ0n) is 12.2. The molecule has 20 heavy (non-hydrogen) atoms. The highest BCUT2D eigenvalue weighted by atomic mass is 16.1. The van der Waals surface area contributed by atoms with E-state index in [2.05, 4.69) is 20.2 Å². The van der Waals surface area contributed by atoms with Gasteiger partial charge in [0, 0.05) is 37.6 Å². The SMILES string of the molecule is Cc1cc(C)nc(N2CCCC(C(=O)NCCN)C2)n1. The Morgan fingerprint density at radius 1 is 1.45 bits per heavy atom. The Balaban J connectivity index is 2.04. The van der Waals surface area contributed by atoms with Crippen molar-refractivity contribution in [2.24, 2.45) is 11.7 Å². The molecule has 1 unspecified atom stereocenters. The number of aryl methyl sites for hydroxylation is 2. The van der Waals surface area contributed by atoms with Crippen molar-refractivity contribution in [1.82, 2.24) is 15.3 Å². The molecule has 1 amide bonds. The maximum absolute atomic E-state index is 12.0. The molecule has 1 aromatic rings. The van der Waals surface area contributed by atoms with Crippen LogP contribution in [0.4, 0.5) is 5.95 Å². The molecule has 0 radical (unpaired) electrons. The highest BCUT2D eigenvalue weighted by Gasteiger charge is 2.26. The summed E-state index contributed by atoms with van der Waals surface area (Å²) in [5.41, 5.74) is 7.33. The third kappa shape index (κ3) is 3.66. The summed E-state index contributed by atoms with van der Waals surface area (Å²) in [5.74, 6) is 0.822. The Morgan fingerprint density at radius 3 is 2.80 bits per heavy atom. The van der Waals surface area contributed by atoms with Gasteiger partial charge >= 0.3 is 0 Å². The minimum Gasteiger partial charge on any atom is -0.355 e. The van der Waals surface area contributed by atoms with Gasteiger partial charge in [-0.25, -0.2) is 9.97 Å². The number of rotatable bonds is 4. The summed E-state index contributed by atoms with van der Waals surface area (Å²) in [5, 5.41) is 2.87. The molecule has 1 aliphatic heterocycles. The summed E-state index contributed by atoms with van der Waals surface area (Å²) in [6.07, 6.45) is 1.90. The van der Waals surface area contributed by atoms with E-state index in [0.717, 1.165) is 36.7 Å². The van der Waals surface area contributed by atoms with Crippen LogP contribution in [0.3, 0.4) is 0 Å². The van der Waals surface area contributed by atoms with Crippen LogP contribution in [0, 0.1) is 19.8 Å². The van der Waals surface area contributed by atoms with Crippen LogP contribution < -0.4 is 16.0 Å². The van der Waals surface area contributed by atoms with Gasteiger partial charge in [0.15, 0.2) is 0 Å². The Labute approximate surface area is 119 Å². The average Bonchev–Trinajstić information content (AvgIpc) is 2.44. The van der Waals surface area contributed by atoms with Crippen LogP contribution in [-0.4, -0.2) is 42.1 Å². The second kappa shape index (κ2) is 6.65. The summed E-state index contributed by atoms with van der Waals surface area (Å²) < 4.78 is 0. The van der Waals surface area contributed by atoms with Gasteiger partial charge in [-0.05, 0) is 32.8 Å². The Morgan fingerprint density at radius 2 is 2.15 bits per heavy atom. The van der Waals surface area contributed by atoms with E-state index in [9.17, 15) is 4.79 Å². The molecule has 1 aliphatic rings. The Bertz CT molecular complexity index is 456. The van der Waals surface area contributed by atoms with Crippen LogP contribution in [-0.2, 0) is 4.79 Å². The molecule has 2 rings (SSSR count). The van der Waals surface area contributed by atoms with E-state index in [1.807, 2.05) is 19.9 Å². The minimum atomic E-state index is -0.000261. The van der Waals surface area contributed by atoms with Gasteiger partial charge in [0.05, 0.1) is 5.92 Å². The number of aromatic nitrogens is 2. The molecule has 1 saturated heterocycles. The summed E-state index contributed by atoms with van der Waals surface area (Å²) in [6, 6.07) is 1.96. The zero-order chi connectivity index (χ0) is 14.5. The highest BCUT2D eigenvalue weighted by molar-refractivity contribution is 5.79. The molecular formula is C14H23N5O. The predicted molar refractivity (Wildman–Crippen MR) is 78.5 cm³/mol. The summed E-state index contributed by atoms with van der Waals surface area (Å²) >= 11 is 0. The van der Waals surface area contributed by atoms with Crippen molar-refractivity contribution >= 4 is 11.9 Å². The number of nitrogens with two attached hydrogens (primary N) is 1. The molecule has 1 fully saturated rings. The fourth-order valence-electron chi connectivity index (χ4n) is 2.56. The lowest BCUT2D eigenvalue weighted by atomic mass is 9.97. The van der Waals surface area contributed by atoms with Gasteiger partial charge in [-0.2, -0.15) is 0 Å². The van der Waals surface area contributed by atoms with E-state index in [-0.39, 0.29) is 11.8 Å². The zero-order valence-corrected chi connectivity index (χ0v) is 12.2. The molecule has 0 saturated carbocycles. The standard InChI is InChI=1S/C14H23N5O/c1-10-8-11(2)18-14(17-10)19-7-3-4-12(9-19)13(20)16-6-5-15/h8,12H,3-7,9,15H2,1-2H3,(H,16,20). The number of carbonyl (C=O) groups is 1. The molecule has 2 heterocycles. The first-order chi connectivity index (χ1) is 9.60. The number of nitrogens with zero attached hydrogens (tertiary/aromatic N) is 3. The first kappa shape index (κ1) is 14.7. The average molecular weight is 277 g/mol. The molecule has 0 spiro atoms. The molecule has 1 aromatic heterocycles. The smallest absolute Gasteiger partial charge is 0.225 e. The van der Waals surface area contributed by atoms with Crippen LogP contribution in [0.15, 0.2) is 6.07 Å². The highest BCUT2D eigenvalue weighted by Crippen LogP contribution is 2.21. The molecule has 1 atom stereocenters. The normalized spacial score (nSPS) is 18.9. The summed E-state index contributed by atoms with van der Waals surface area (Å²) in [6.45, 7) is 6.53. The summed E-state index contributed by atoms with van der Waals surface area (Å²) in [4.78, 5) is 23.1. The largest absolute Gasteiger partial charge is 0.355 e. The van der Waals surface area contributed by atoms with Crippen LogP contribution in [0.25, 0.3) is 0 Å². The van der Waals surface area contributed by atoms with Gasteiger partial charge in [0.2, 0.25) is 11.9 Å². The van der Waals surface area contributed by atoms with Crippen molar-refractivity contribution < 1.29 is 4.79 Å². The second-order valence-corrected chi connectivity index (χ2v) is 5.32. The van der Waals surface area contributed by atoms with Crippen LogP contribution in [0.5, 0.6) is 0 Å². The number of nitrogens with one attached hydrogen (secondary N) is 1. The number of carbonyl (C=O) groups excluding carboxylic acids is 1. The van der Waals surface area contributed by atoms with Gasteiger partial charge in [0.25, 0.3) is 0 Å². The van der Waals surface area contributed by atoms with E-state index in [4.69, 9.17) is 5.73 Å². The molecule has 0 aliphatic carbocycles. The fraction of sp³-hybridized carbons (Fsp3) is 0.643. The lowest BCUT2D eigenvalue weighted by Crippen LogP contribution is -2.44. The van der Waals surface area contributed by atoms with Crippen molar-refractivity contribution in [3.05, 3.63) is 17.5 Å². The van der Waals surface area contributed by atoms with Crippen LogP contribution in [0.2, 0.25) is 0 Å². The molecular weight excluding hydrogens is 254 g/mol. The fourth-order valence-corrected chi connectivity index (χ4v) is 2.56. The van der Waals surface area contributed by atoms with E-state index in [1.165, 1.54) is 0 Å². The van der Waals surface area contributed by atoms with Crippen LogP contribution >= 0.6 is 0 Å². The number of hydrogen-bond acceptors (Lipinski definition) is 5. The maximum Gasteiger partial charge on any atom is 0.225 e. The summed E-state index contributed by atoms with van der Waals surface area (Å²) in [7, 11) is 0. The number of amides is 1. The molecule has 0 aromatic carbocycles. The van der Waals surface area contributed by atoms with Crippen molar-refractivity contribution in [2.45, 2.75) is 26.7 Å². The van der Waals surface area contributed by atoms with Crippen molar-refractivity contribution in [2.75, 3.05) is 31.1 Å². The Kier molecular flexibility index (Phi) is 4.89. The van der Waals surface area contributed by atoms with E-state index in [0.29, 0.717) is 19.6 Å². The number of hydrogen-bond donors (Lipinski definition) is 2. The van der Waals surface area contributed by atoms with Gasteiger partial charge in [0.1, 0.15) is 0 Å². The van der Waals surface area contributed by atoms with E-state index in [1.54, 1.807) is 0 Å². The third-order valence-corrected chi connectivity index (χ3v) is 3.49. The molecule has 0 bridgehead atoms. The molecule has 6 nitrogen and oxygen atoms in total. The predicted octanol–water partition coefficient (Wildman–Crippen LogP) is 0.385. The van der Waals surface area contributed by atoms with Crippen LogP contribution in [0.1, 0.15) is 24.2 Å². The topological polar surface area (TPSA) is 84.1 Å². The lowest BCUT2D eigenvalue weighted by molar-refractivity contribution is -0.125. The van der Waals surface area contributed by atoms with Gasteiger partial charge in [-0.3, -0.25) is 4.79 Å². The first-order valence-corrected chi connectivity index (χ1v) is 7.15. The molecule has 3 N–H and O–H groups in total. The third-order valence-electron chi connectivity index (χ3n) is 3.49. The number of anilines is 1. The van der Waals surface area contributed by atoms with Crippen molar-refractivity contribution in [3.63, 3.8) is 0 Å². The van der Waals surface area contributed by atoms with Gasteiger partial charge in [-0.1, -0.05) is 0 Å². The minimum absolute atomic E-state index is 0.000261. The number of piperidine rings is 1. The van der Waals surface area contributed by atoms with Crippen molar-refractivity contribution in [1.29, 1.82) is 0 Å². The Hall–Kier alpha value is -1.69. The lowest BCUT2D eigenvalue weighted by Gasteiger charge is -2.32. The second-order valence-electron chi connectivity index (χ2n) is 5.32. The van der Waals surface area contributed by atoms with Gasteiger partial charge in [-0.15, -0.1) is 0 Å². The van der Waals surface area contributed by atoms with Gasteiger partial charge < -0.3 is 16.0 Å². The molecule has 110 valence electrons.